The molecule has 1 N–H and O–H groups in total. The average molecular weight is 156 g/mol. The van der Waals surface area contributed by atoms with Crippen LogP contribution in [0.1, 0.15) is 32.6 Å². The fourth-order valence-corrected chi connectivity index (χ4v) is 1.52. The first-order valence-electron chi connectivity index (χ1n) is 4.40. The molecule has 0 saturated heterocycles. The third-order valence-corrected chi connectivity index (χ3v) is 2.39. The Morgan fingerprint density at radius 3 is 2.00 bits per heavy atom. The molecule has 11 heavy (non-hydrogen) atoms. The predicted octanol–water partition coefficient (Wildman–Crippen LogP) is 2.61. The normalized spacial score (nSPS) is 30.1. The van der Waals surface area contributed by atoms with Gasteiger partial charge in [0.1, 0.15) is 0 Å². The second-order valence-corrected chi connectivity index (χ2v) is 3.26. The highest BCUT2D eigenvalue weighted by atomic mass is 16.2. The molecule has 0 atom stereocenters. The predicted molar refractivity (Wildman–Crippen MR) is 49.5 cm³/mol. The van der Waals surface area contributed by atoms with Crippen molar-refractivity contribution in [2.45, 2.75) is 32.6 Å². The zero-order valence-corrected chi connectivity index (χ0v) is 7.71. The van der Waals surface area contributed by atoms with Gasteiger partial charge in [-0.05, 0) is 24.7 Å². The van der Waals surface area contributed by atoms with E-state index in [1.807, 2.05) is 0 Å². The summed E-state index contributed by atoms with van der Waals surface area (Å²) in [4.78, 5) is 0. The molecule has 0 aromatic rings. The first-order valence-corrected chi connectivity index (χ1v) is 4.40. The van der Waals surface area contributed by atoms with Crippen LogP contribution in [0.4, 0.5) is 0 Å². The lowest BCUT2D eigenvalue weighted by Gasteiger charge is -2.23. The lowest BCUT2D eigenvalue weighted by atomic mass is 9.83. The van der Waals surface area contributed by atoms with E-state index in [9.17, 15) is 0 Å². The number of aliphatic hydroxyl groups excluding tert-OH is 1. The molecule has 1 aliphatic rings. The van der Waals surface area contributed by atoms with Crippen LogP contribution in [-0.4, -0.2) is 12.2 Å². The van der Waals surface area contributed by atoms with Crippen LogP contribution in [0.25, 0.3) is 0 Å². The molecular weight excluding hydrogens is 136 g/mol. The van der Waals surface area contributed by atoms with Crippen molar-refractivity contribution in [3.05, 3.63) is 12.7 Å². The van der Waals surface area contributed by atoms with Crippen LogP contribution in [0, 0.1) is 11.8 Å². The summed E-state index contributed by atoms with van der Waals surface area (Å²) in [5.74, 6) is 1.81. The first-order chi connectivity index (χ1) is 5.33. The van der Waals surface area contributed by atoms with Crippen molar-refractivity contribution in [1.82, 2.24) is 0 Å². The van der Waals surface area contributed by atoms with Crippen LogP contribution >= 0.6 is 0 Å². The molecule has 0 amide bonds. The largest absolute Gasteiger partial charge is 0.400 e. The van der Waals surface area contributed by atoms with Crippen LogP contribution in [0.3, 0.4) is 0 Å². The molecule has 0 aromatic heterocycles. The monoisotopic (exact) mass is 156 g/mol. The van der Waals surface area contributed by atoms with Crippen LogP contribution in [0.5, 0.6) is 0 Å². The molecule has 0 unspecified atom stereocenters. The summed E-state index contributed by atoms with van der Waals surface area (Å²) in [6.45, 7) is 6.16. The van der Waals surface area contributed by atoms with Gasteiger partial charge in [0.2, 0.25) is 0 Å². The standard InChI is InChI=1S/C9H16.CH4O/c1-3-9-6-4-8(2)5-7-9;1-2/h3,8-9H,1,4-7H2,2H3;2H,1H3. The zero-order chi connectivity index (χ0) is 8.69. The quantitative estimate of drug-likeness (QED) is 0.579. The van der Waals surface area contributed by atoms with Gasteiger partial charge in [-0.2, -0.15) is 0 Å². The molecule has 0 bridgehead atoms. The SMILES string of the molecule is C=CC1CCC(C)CC1.CO. The van der Waals surface area contributed by atoms with E-state index in [2.05, 4.69) is 19.6 Å². The van der Waals surface area contributed by atoms with E-state index in [1.54, 1.807) is 0 Å². The Morgan fingerprint density at radius 2 is 1.64 bits per heavy atom. The smallest absolute Gasteiger partial charge is 0.0319 e. The van der Waals surface area contributed by atoms with E-state index in [1.165, 1.54) is 25.7 Å². The second-order valence-electron chi connectivity index (χ2n) is 3.26. The van der Waals surface area contributed by atoms with Crippen molar-refractivity contribution < 1.29 is 5.11 Å². The van der Waals surface area contributed by atoms with Gasteiger partial charge in [-0.15, -0.1) is 6.58 Å². The number of rotatable bonds is 1. The number of hydrogen-bond acceptors (Lipinski definition) is 1. The van der Waals surface area contributed by atoms with E-state index in [4.69, 9.17) is 5.11 Å². The number of hydrogen-bond donors (Lipinski definition) is 1. The lowest BCUT2D eigenvalue weighted by Crippen LogP contribution is -2.09. The third-order valence-electron chi connectivity index (χ3n) is 2.39. The van der Waals surface area contributed by atoms with Crippen LogP contribution in [0.2, 0.25) is 0 Å². The Kier molecular flexibility index (Phi) is 6.24. The van der Waals surface area contributed by atoms with Crippen molar-refractivity contribution >= 4 is 0 Å². The minimum Gasteiger partial charge on any atom is -0.400 e. The maximum atomic E-state index is 7.00. The maximum absolute atomic E-state index is 7.00. The summed E-state index contributed by atoms with van der Waals surface area (Å²) < 4.78 is 0. The van der Waals surface area contributed by atoms with Crippen LogP contribution in [-0.2, 0) is 0 Å². The van der Waals surface area contributed by atoms with Gasteiger partial charge in [-0.1, -0.05) is 25.8 Å². The average Bonchev–Trinajstić information content (AvgIpc) is 2.10. The summed E-state index contributed by atoms with van der Waals surface area (Å²) in [7, 11) is 1.00. The highest BCUT2D eigenvalue weighted by Crippen LogP contribution is 2.28. The van der Waals surface area contributed by atoms with Gasteiger partial charge in [0.15, 0.2) is 0 Å². The molecule has 1 fully saturated rings. The van der Waals surface area contributed by atoms with Gasteiger partial charge < -0.3 is 5.11 Å². The molecule has 1 saturated carbocycles. The van der Waals surface area contributed by atoms with E-state index in [0.29, 0.717) is 0 Å². The van der Waals surface area contributed by atoms with Gasteiger partial charge >= 0.3 is 0 Å². The van der Waals surface area contributed by atoms with Gasteiger partial charge in [0.05, 0.1) is 0 Å². The molecular formula is C10H20O. The van der Waals surface area contributed by atoms with Crippen molar-refractivity contribution in [2.24, 2.45) is 11.8 Å². The van der Waals surface area contributed by atoms with Crippen LogP contribution in [0.15, 0.2) is 12.7 Å². The van der Waals surface area contributed by atoms with E-state index >= 15 is 0 Å². The minimum absolute atomic E-state index is 0.834. The van der Waals surface area contributed by atoms with Gasteiger partial charge in [0, 0.05) is 7.11 Å². The molecule has 1 nitrogen and oxygen atoms in total. The van der Waals surface area contributed by atoms with Crippen molar-refractivity contribution in [3.63, 3.8) is 0 Å². The Balaban J connectivity index is 0.000000461. The summed E-state index contributed by atoms with van der Waals surface area (Å²) in [6, 6.07) is 0. The fraction of sp³-hybridized carbons (Fsp3) is 0.800. The van der Waals surface area contributed by atoms with E-state index in [-0.39, 0.29) is 0 Å². The van der Waals surface area contributed by atoms with Crippen LogP contribution < -0.4 is 0 Å². The highest BCUT2D eigenvalue weighted by Gasteiger charge is 2.14. The Labute approximate surface area is 70.1 Å². The Hall–Kier alpha value is -0.300. The summed E-state index contributed by atoms with van der Waals surface area (Å²) in [5.41, 5.74) is 0. The number of aliphatic hydroxyl groups is 1. The first kappa shape index (κ1) is 10.7. The highest BCUT2D eigenvalue weighted by molar-refractivity contribution is 4.82. The molecule has 1 aliphatic carbocycles. The summed E-state index contributed by atoms with van der Waals surface area (Å²) >= 11 is 0. The lowest BCUT2D eigenvalue weighted by molar-refractivity contribution is 0.331. The van der Waals surface area contributed by atoms with Gasteiger partial charge in [-0.3, -0.25) is 0 Å². The third kappa shape index (κ3) is 4.20. The second kappa shape index (κ2) is 6.41. The summed E-state index contributed by atoms with van der Waals surface area (Å²) in [6.07, 6.45) is 7.70. The minimum atomic E-state index is 0.834. The van der Waals surface area contributed by atoms with Crippen molar-refractivity contribution in [2.75, 3.05) is 7.11 Å². The molecule has 0 heterocycles. The molecule has 0 aliphatic heterocycles. The van der Waals surface area contributed by atoms with E-state index < -0.39 is 0 Å². The molecule has 66 valence electrons. The Morgan fingerprint density at radius 1 is 1.18 bits per heavy atom. The molecule has 0 radical (unpaired) electrons. The van der Waals surface area contributed by atoms with Gasteiger partial charge in [-0.25, -0.2) is 0 Å². The molecule has 1 rings (SSSR count). The molecule has 0 spiro atoms. The van der Waals surface area contributed by atoms with E-state index in [0.717, 1.165) is 18.9 Å². The van der Waals surface area contributed by atoms with Gasteiger partial charge in [0.25, 0.3) is 0 Å². The zero-order valence-electron chi connectivity index (χ0n) is 7.71. The number of allylic oxidation sites excluding steroid dienone is 1. The maximum Gasteiger partial charge on any atom is 0.0319 e. The molecule has 1 heteroatoms. The Bertz CT molecular complexity index is 91.0. The van der Waals surface area contributed by atoms with Crippen molar-refractivity contribution in [3.8, 4) is 0 Å². The topological polar surface area (TPSA) is 20.2 Å². The van der Waals surface area contributed by atoms with Crippen molar-refractivity contribution in [1.29, 1.82) is 0 Å². The molecule has 0 aromatic carbocycles. The fourth-order valence-electron chi connectivity index (χ4n) is 1.52. The summed E-state index contributed by atoms with van der Waals surface area (Å²) in [5, 5.41) is 7.00.